The molecule has 0 amide bonds. The van der Waals surface area contributed by atoms with Crippen LogP contribution in [0.25, 0.3) is 0 Å². The third-order valence-electron chi connectivity index (χ3n) is 3.99. The summed E-state index contributed by atoms with van der Waals surface area (Å²) in [5.41, 5.74) is 3.25. The number of hydrogen-bond donors (Lipinski definition) is 0. The Morgan fingerprint density at radius 2 is 1.75 bits per heavy atom. The van der Waals surface area contributed by atoms with Crippen LogP contribution in [0, 0.1) is 0 Å². The zero-order chi connectivity index (χ0) is 14.2. The number of benzene rings is 1. The summed E-state index contributed by atoms with van der Waals surface area (Å²) in [6, 6.07) is 11.0. The van der Waals surface area contributed by atoms with E-state index in [1.54, 1.807) is 0 Å². The van der Waals surface area contributed by atoms with Crippen molar-refractivity contribution in [2.75, 3.05) is 17.5 Å². The Labute approximate surface area is 128 Å². The van der Waals surface area contributed by atoms with Crippen LogP contribution in [0.5, 0.6) is 0 Å². The van der Waals surface area contributed by atoms with Gasteiger partial charge in [-0.05, 0) is 36.3 Å². The van der Waals surface area contributed by atoms with Gasteiger partial charge in [0, 0.05) is 18.3 Å². The maximum Gasteiger partial charge on any atom is 0.0372 e. The van der Waals surface area contributed by atoms with Crippen LogP contribution in [0.3, 0.4) is 0 Å². The quantitative estimate of drug-likeness (QED) is 0.601. The number of rotatable bonds is 7. The van der Waals surface area contributed by atoms with Gasteiger partial charge in [0.15, 0.2) is 0 Å². The van der Waals surface area contributed by atoms with Crippen molar-refractivity contribution in [1.29, 1.82) is 0 Å². The van der Waals surface area contributed by atoms with Crippen LogP contribution in [0.4, 0.5) is 5.69 Å². The Balaban J connectivity index is 1.88. The lowest BCUT2D eigenvalue weighted by atomic mass is 10.0. The highest BCUT2D eigenvalue weighted by Crippen LogP contribution is 2.35. The van der Waals surface area contributed by atoms with Gasteiger partial charge in [0.05, 0.1) is 0 Å². The average molecular weight is 309 g/mol. The summed E-state index contributed by atoms with van der Waals surface area (Å²) in [6.07, 6.45) is 9.88. The lowest BCUT2D eigenvalue weighted by molar-refractivity contribution is 0.513. The Bertz CT molecular complexity index is 361. The van der Waals surface area contributed by atoms with Gasteiger partial charge in [-0.2, -0.15) is 0 Å². The molecule has 0 bridgehead atoms. The summed E-state index contributed by atoms with van der Waals surface area (Å²) in [5, 5.41) is 0. The Hall–Kier alpha value is -0.120. The van der Waals surface area contributed by atoms with Crippen LogP contribution in [-0.2, 0) is 0 Å². The highest BCUT2D eigenvalue weighted by atomic mass is 31.1. The Morgan fingerprint density at radius 1 is 1.05 bits per heavy atom. The van der Waals surface area contributed by atoms with Gasteiger partial charge >= 0.3 is 0 Å². The van der Waals surface area contributed by atoms with Crippen molar-refractivity contribution in [3.8, 4) is 0 Å². The maximum absolute atomic E-state index is 2.63. The van der Waals surface area contributed by atoms with Gasteiger partial charge in [-0.25, -0.2) is 0 Å². The molecule has 0 heterocycles. The topological polar surface area (TPSA) is 3.24 Å². The lowest BCUT2D eigenvalue weighted by Crippen LogP contribution is -2.23. The van der Waals surface area contributed by atoms with E-state index in [1.165, 1.54) is 50.4 Å². The molecule has 0 radical (unpaired) electrons. The summed E-state index contributed by atoms with van der Waals surface area (Å²) < 4.78 is 0. The zero-order valence-electron chi connectivity index (χ0n) is 12.9. The van der Waals surface area contributed by atoms with Crippen molar-refractivity contribution in [1.82, 2.24) is 0 Å². The van der Waals surface area contributed by atoms with E-state index >= 15 is 0 Å². The van der Waals surface area contributed by atoms with E-state index in [2.05, 4.69) is 49.1 Å². The zero-order valence-corrected chi connectivity index (χ0v) is 14.9. The van der Waals surface area contributed by atoms with E-state index in [-0.39, 0.29) is 0 Å². The molecule has 0 spiro atoms. The highest BCUT2D eigenvalue weighted by molar-refractivity contribution is 7.40. The van der Waals surface area contributed by atoms with Gasteiger partial charge in [-0.15, -0.1) is 0 Å². The number of anilines is 1. The second-order valence-electron chi connectivity index (χ2n) is 6.09. The molecule has 1 aromatic carbocycles. The van der Waals surface area contributed by atoms with E-state index in [9.17, 15) is 0 Å². The molecule has 20 heavy (non-hydrogen) atoms. The molecule has 0 N–H and O–H groups in total. The number of nitrogens with zero attached hydrogens (tertiary/aromatic N) is 1. The van der Waals surface area contributed by atoms with E-state index in [1.807, 2.05) is 0 Å². The van der Waals surface area contributed by atoms with Gasteiger partial charge in [-0.3, -0.25) is 0 Å². The molecule has 1 saturated carbocycles. The summed E-state index contributed by atoms with van der Waals surface area (Å²) >= 11 is 0. The second kappa shape index (κ2) is 9.01. The third-order valence-corrected chi connectivity index (χ3v) is 7.09. The molecule has 1 aliphatic rings. The monoisotopic (exact) mass is 309 g/mol. The van der Waals surface area contributed by atoms with E-state index in [0.29, 0.717) is 0 Å². The van der Waals surface area contributed by atoms with E-state index in [4.69, 9.17) is 0 Å². The predicted molar refractivity (Wildman–Crippen MR) is 97.3 cm³/mol. The molecule has 0 aromatic heterocycles. The van der Waals surface area contributed by atoms with Gasteiger partial charge in [0.25, 0.3) is 0 Å². The molecule has 2 unspecified atom stereocenters. The Morgan fingerprint density at radius 3 is 2.40 bits per heavy atom. The molecular weight excluding hydrogens is 280 g/mol. The molecule has 3 heteroatoms. The molecule has 1 aromatic rings. The van der Waals surface area contributed by atoms with Gasteiger partial charge in [0.1, 0.15) is 0 Å². The van der Waals surface area contributed by atoms with Crippen molar-refractivity contribution < 1.29 is 0 Å². The second-order valence-corrected chi connectivity index (χ2v) is 9.51. The minimum absolute atomic E-state index is 0.819. The molecule has 1 nitrogen and oxygen atoms in total. The lowest BCUT2D eigenvalue weighted by Gasteiger charge is -2.29. The first kappa shape index (κ1) is 16.3. The first-order chi connectivity index (χ1) is 9.75. The first-order valence-electron chi connectivity index (χ1n) is 8.02. The molecule has 112 valence electrons. The van der Waals surface area contributed by atoms with Crippen molar-refractivity contribution in [3.05, 3.63) is 30.3 Å². The van der Waals surface area contributed by atoms with Crippen molar-refractivity contribution in [2.45, 2.75) is 57.3 Å². The summed E-state index contributed by atoms with van der Waals surface area (Å²) in [4.78, 5) is 2.63. The van der Waals surface area contributed by atoms with Crippen molar-refractivity contribution in [3.63, 3.8) is 0 Å². The fourth-order valence-corrected chi connectivity index (χ4v) is 5.41. The van der Waals surface area contributed by atoms with E-state index in [0.717, 1.165) is 28.5 Å². The summed E-state index contributed by atoms with van der Waals surface area (Å²) in [7, 11) is 2.16. The summed E-state index contributed by atoms with van der Waals surface area (Å²) in [6.45, 7) is 4.68. The number of hydrogen-bond acceptors (Lipinski definition) is 1. The number of para-hydroxylation sites is 1. The van der Waals surface area contributed by atoms with Crippen LogP contribution in [0.2, 0.25) is 0 Å². The van der Waals surface area contributed by atoms with Crippen LogP contribution < -0.4 is 4.90 Å². The molecule has 1 aliphatic carbocycles. The molecular formula is C17H29NP2. The van der Waals surface area contributed by atoms with Gasteiger partial charge < -0.3 is 4.90 Å². The molecule has 0 saturated heterocycles. The minimum atomic E-state index is 0.819. The van der Waals surface area contributed by atoms with Crippen molar-refractivity contribution in [2.24, 2.45) is 0 Å². The molecule has 1 fully saturated rings. The van der Waals surface area contributed by atoms with E-state index < -0.39 is 0 Å². The minimum Gasteiger partial charge on any atom is -0.364 e. The van der Waals surface area contributed by atoms with Crippen LogP contribution in [0.15, 0.2) is 30.3 Å². The Kier molecular flexibility index (Phi) is 7.32. The third kappa shape index (κ3) is 5.71. The molecule has 2 rings (SSSR count). The van der Waals surface area contributed by atoms with Gasteiger partial charge in [-0.1, -0.05) is 68.5 Å². The van der Waals surface area contributed by atoms with Crippen LogP contribution in [0.1, 0.15) is 46.0 Å². The summed E-state index contributed by atoms with van der Waals surface area (Å²) in [5.74, 6) is 0. The predicted octanol–water partition coefficient (Wildman–Crippen LogP) is 5.51. The highest BCUT2D eigenvalue weighted by Gasteiger charge is 2.15. The maximum atomic E-state index is 2.63. The molecule has 2 atom stereocenters. The average Bonchev–Trinajstić information content (AvgIpc) is 2.49. The van der Waals surface area contributed by atoms with Gasteiger partial charge in [0.2, 0.25) is 0 Å². The molecule has 0 aliphatic heterocycles. The fourth-order valence-electron chi connectivity index (χ4n) is 2.72. The normalized spacial score (nSPS) is 17.8. The smallest absolute Gasteiger partial charge is 0.0372 e. The largest absolute Gasteiger partial charge is 0.364 e. The SMILES string of the molecule is CC(C)PCN(CPC1CCCCC1)c1ccccc1. The van der Waals surface area contributed by atoms with Crippen LogP contribution in [-0.4, -0.2) is 23.9 Å². The van der Waals surface area contributed by atoms with Crippen LogP contribution >= 0.6 is 17.2 Å². The fraction of sp³-hybridized carbons (Fsp3) is 0.647. The van der Waals surface area contributed by atoms with Crippen molar-refractivity contribution >= 4 is 22.8 Å². The standard InChI is InChI=1S/C17H29NP2/c1-15(2)19-13-18(16-9-5-3-6-10-16)14-20-17-11-7-4-8-12-17/h3,5-6,9-10,15,17,19-20H,4,7-8,11-14H2,1-2H3. The first-order valence-corrected chi connectivity index (χ1v) is 10.6.